The van der Waals surface area contributed by atoms with Crippen molar-refractivity contribution in [2.75, 3.05) is 56.1 Å². The first-order chi connectivity index (χ1) is 14.8. The second kappa shape index (κ2) is 10.2. The van der Waals surface area contributed by atoms with E-state index in [9.17, 15) is 13.2 Å². The standard InChI is InChI=1S/C21H33N5O3S2/c1-5-25(6-2)9-10-26(7-3)21(27)18-15(4)17-19(23-14-24-20(17)30-18)22-12-16-8-11-31(28,29)13-16/h14,16H,5-13H2,1-4H3,(H,22,23,24). The topological polar surface area (TPSA) is 95.5 Å². The molecule has 0 aromatic carbocycles. The number of nitrogens with zero attached hydrogens (tertiary/aromatic N) is 4. The van der Waals surface area contributed by atoms with Crippen LogP contribution in [0.1, 0.15) is 42.4 Å². The molecule has 1 aliphatic heterocycles. The summed E-state index contributed by atoms with van der Waals surface area (Å²) in [4.78, 5) is 27.7. The van der Waals surface area contributed by atoms with E-state index in [4.69, 9.17) is 0 Å². The molecular weight excluding hydrogens is 434 g/mol. The molecule has 1 atom stereocenters. The first kappa shape index (κ1) is 23.9. The van der Waals surface area contributed by atoms with Crippen molar-refractivity contribution in [2.24, 2.45) is 5.92 Å². The van der Waals surface area contributed by atoms with Gasteiger partial charge in [-0.05, 0) is 44.8 Å². The lowest BCUT2D eigenvalue weighted by molar-refractivity contribution is 0.0751. The highest BCUT2D eigenvalue weighted by atomic mass is 32.2. The third-order valence-corrected chi connectivity index (χ3v) is 9.08. The molecule has 1 amide bonds. The van der Waals surface area contributed by atoms with Crippen molar-refractivity contribution in [3.05, 3.63) is 16.8 Å². The predicted molar refractivity (Wildman–Crippen MR) is 127 cm³/mol. The highest BCUT2D eigenvalue weighted by Gasteiger charge is 2.28. The van der Waals surface area contributed by atoms with Gasteiger partial charge in [-0.15, -0.1) is 11.3 Å². The molecule has 0 aliphatic carbocycles. The Bertz CT molecular complexity index is 1020. The van der Waals surface area contributed by atoms with E-state index in [1.807, 2.05) is 18.7 Å². The number of sulfone groups is 1. The fourth-order valence-electron chi connectivity index (χ4n) is 4.03. The number of fused-ring (bicyclic) bond motifs is 1. The summed E-state index contributed by atoms with van der Waals surface area (Å²) in [5.41, 5.74) is 0.883. The second-order valence-electron chi connectivity index (χ2n) is 8.02. The van der Waals surface area contributed by atoms with E-state index >= 15 is 0 Å². The average molecular weight is 468 g/mol. The van der Waals surface area contributed by atoms with E-state index in [0.717, 1.165) is 35.4 Å². The summed E-state index contributed by atoms with van der Waals surface area (Å²) in [7, 11) is -2.91. The van der Waals surface area contributed by atoms with Gasteiger partial charge >= 0.3 is 0 Å². The number of likely N-dealkylation sites (N-methyl/N-ethyl adjacent to an activating group) is 2. The molecule has 2 aromatic rings. The Balaban J connectivity index is 1.78. The van der Waals surface area contributed by atoms with Crippen LogP contribution in [-0.2, 0) is 9.84 Å². The predicted octanol–water partition coefficient (Wildman–Crippen LogP) is 2.65. The molecular formula is C21H33N5O3S2. The molecule has 0 radical (unpaired) electrons. The van der Waals surface area contributed by atoms with Crippen molar-refractivity contribution < 1.29 is 13.2 Å². The number of hydrogen-bond donors (Lipinski definition) is 1. The minimum Gasteiger partial charge on any atom is -0.369 e. The van der Waals surface area contributed by atoms with Crippen LogP contribution in [0.25, 0.3) is 10.2 Å². The quantitative estimate of drug-likeness (QED) is 0.574. The van der Waals surface area contributed by atoms with Crippen LogP contribution in [0.4, 0.5) is 5.82 Å². The molecule has 1 unspecified atom stereocenters. The number of carbonyl (C=O) groups excluding carboxylic acids is 1. The van der Waals surface area contributed by atoms with Crippen molar-refractivity contribution in [2.45, 2.75) is 34.1 Å². The monoisotopic (exact) mass is 467 g/mol. The fourth-order valence-corrected chi connectivity index (χ4v) is 7.01. The molecule has 1 fully saturated rings. The van der Waals surface area contributed by atoms with E-state index in [1.54, 1.807) is 0 Å². The lowest BCUT2D eigenvalue weighted by atomic mass is 10.1. The number of anilines is 1. The molecule has 172 valence electrons. The maximum absolute atomic E-state index is 13.3. The van der Waals surface area contributed by atoms with E-state index in [1.165, 1.54) is 17.7 Å². The van der Waals surface area contributed by atoms with E-state index in [2.05, 4.69) is 34.0 Å². The SMILES string of the molecule is CCN(CC)CCN(CC)C(=O)c1sc2ncnc(NCC3CCS(=O)(=O)C3)c2c1C. The molecule has 3 rings (SSSR count). The summed E-state index contributed by atoms with van der Waals surface area (Å²) in [6, 6.07) is 0. The van der Waals surface area contributed by atoms with Gasteiger partial charge in [0.25, 0.3) is 5.91 Å². The smallest absolute Gasteiger partial charge is 0.264 e. The zero-order chi connectivity index (χ0) is 22.6. The third-order valence-electron chi connectivity index (χ3n) is 6.06. The van der Waals surface area contributed by atoms with Gasteiger partial charge in [0.1, 0.15) is 17.0 Å². The van der Waals surface area contributed by atoms with Gasteiger partial charge in [0.05, 0.1) is 21.8 Å². The van der Waals surface area contributed by atoms with E-state index in [0.29, 0.717) is 36.8 Å². The number of thiophene rings is 1. The lowest BCUT2D eigenvalue weighted by Crippen LogP contribution is -2.38. The van der Waals surface area contributed by atoms with Crippen LogP contribution in [0.15, 0.2) is 6.33 Å². The van der Waals surface area contributed by atoms with Crippen molar-refractivity contribution in [1.82, 2.24) is 19.8 Å². The largest absolute Gasteiger partial charge is 0.369 e. The molecule has 3 heterocycles. The Kier molecular flexibility index (Phi) is 7.87. The van der Waals surface area contributed by atoms with Gasteiger partial charge in [0.15, 0.2) is 9.84 Å². The molecule has 0 bridgehead atoms. The Morgan fingerprint density at radius 3 is 2.55 bits per heavy atom. The van der Waals surface area contributed by atoms with Gasteiger partial charge < -0.3 is 15.1 Å². The van der Waals surface area contributed by atoms with Crippen molar-refractivity contribution in [1.29, 1.82) is 0 Å². The van der Waals surface area contributed by atoms with Gasteiger partial charge in [-0.3, -0.25) is 4.79 Å². The number of amides is 1. The van der Waals surface area contributed by atoms with Crippen LogP contribution in [0.5, 0.6) is 0 Å². The number of hydrogen-bond acceptors (Lipinski definition) is 8. The summed E-state index contributed by atoms with van der Waals surface area (Å²) in [6.07, 6.45) is 2.17. The van der Waals surface area contributed by atoms with Gasteiger partial charge in [-0.25, -0.2) is 18.4 Å². The Hall–Kier alpha value is -1.78. The van der Waals surface area contributed by atoms with Crippen LogP contribution in [0, 0.1) is 12.8 Å². The first-order valence-electron chi connectivity index (χ1n) is 11.0. The van der Waals surface area contributed by atoms with Gasteiger partial charge in [-0.2, -0.15) is 0 Å². The minimum atomic E-state index is -2.91. The number of aryl methyl sites for hydroxylation is 1. The average Bonchev–Trinajstić information content (AvgIpc) is 3.28. The summed E-state index contributed by atoms with van der Waals surface area (Å²) in [6.45, 7) is 12.9. The lowest BCUT2D eigenvalue weighted by Gasteiger charge is -2.25. The Labute approximate surface area is 189 Å². The summed E-state index contributed by atoms with van der Waals surface area (Å²) in [5, 5.41) is 4.18. The second-order valence-corrected chi connectivity index (χ2v) is 11.2. The maximum Gasteiger partial charge on any atom is 0.264 e. The first-order valence-corrected chi connectivity index (χ1v) is 13.6. The van der Waals surface area contributed by atoms with E-state index in [-0.39, 0.29) is 23.3 Å². The molecule has 0 spiro atoms. The van der Waals surface area contributed by atoms with Crippen LogP contribution < -0.4 is 5.32 Å². The number of nitrogens with one attached hydrogen (secondary N) is 1. The normalized spacial score (nSPS) is 18.0. The molecule has 0 saturated carbocycles. The summed E-state index contributed by atoms with van der Waals surface area (Å²) >= 11 is 1.40. The van der Waals surface area contributed by atoms with Crippen LogP contribution in [0.2, 0.25) is 0 Å². The van der Waals surface area contributed by atoms with Gasteiger partial charge in [0.2, 0.25) is 0 Å². The molecule has 1 saturated heterocycles. The molecule has 1 aliphatic rings. The minimum absolute atomic E-state index is 0.0305. The zero-order valence-corrected chi connectivity index (χ0v) is 20.5. The van der Waals surface area contributed by atoms with Crippen LogP contribution >= 0.6 is 11.3 Å². The fraction of sp³-hybridized carbons (Fsp3) is 0.667. The maximum atomic E-state index is 13.3. The molecule has 2 aromatic heterocycles. The van der Waals surface area contributed by atoms with Crippen LogP contribution in [0.3, 0.4) is 0 Å². The van der Waals surface area contributed by atoms with Crippen molar-refractivity contribution in [3.8, 4) is 0 Å². The molecule has 1 N–H and O–H groups in total. The van der Waals surface area contributed by atoms with Crippen LogP contribution in [-0.4, -0.2) is 84.9 Å². The van der Waals surface area contributed by atoms with Gasteiger partial charge in [-0.1, -0.05) is 13.8 Å². The molecule has 31 heavy (non-hydrogen) atoms. The Morgan fingerprint density at radius 1 is 1.19 bits per heavy atom. The van der Waals surface area contributed by atoms with Crippen molar-refractivity contribution >= 4 is 43.1 Å². The number of carbonyl (C=O) groups is 1. The molecule has 10 heteroatoms. The third kappa shape index (κ3) is 5.53. The zero-order valence-electron chi connectivity index (χ0n) is 18.8. The van der Waals surface area contributed by atoms with Gasteiger partial charge in [0, 0.05) is 26.2 Å². The summed E-state index contributed by atoms with van der Waals surface area (Å²) in [5.74, 6) is 1.27. The highest BCUT2D eigenvalue weighted by Crippen LogP contribution is 2.34. The molecule has 8 nitrogen and oxygen atoms in total. The Morgan fingerprint density at radius 2 is 1.94 bits per heavy atom. The number of aromatic nitrogens is 2. The van der Waals surface area contributed by atoms with E-state index < -0.39 is 9.84 Å². The summed E-state index contributed by atoms with van der Waals surface area (Å²) < 4.78 is 23.5. The highest BCUT2D eigenvalue weighted by molar-refractivity contribution is 7.91. The number of rotatable bonds is 10. The van der Waals surface area contributed by atoms with Crippen molar-refractivity contribution in [3.63, 3.8) is 0 Å².